The molecule has 2 heterocycles. The number of aromatic nitrogens is 2. The van der Waals surface area contributed by atoms with Gasteiger partial charge in [-0.05, 0) is 25.5 Å². The zero-order valence-corrected chi connectivity index (χ0v) is 15.7. The summed E-state index contributed by atoms with van der Waals surface area (Å²) in [4.78, 5) is 12.2. The van der Waals surface area contributed by atoms with Gasteiger partial charge in [-0.2, -0.15) is 5.10 Å². The molecule has 140 valence electrons. The number of hydrogen-bond acceptors (Lipinski definition) is 5. The van der Waals surface area contributed by atoms with E-state index in [0.717, 1.165) is 5.56 Å². The second-order valence-electron chi connectivity index (χ2n) is 6.80. The molecule has 8 heteroatoms. The molecular formula is C18H24N4O3S. The number of piperidine rings is 1. The van der Waals surface area contributed by atoms with Crippen molar-refractivity contribution in [2.24, 2.45) is 7.05 Å². The fourth-order valence-corrected chi connectivity index (χ4v) is 4.88. The van der Waals surface area contributed by atoms with Gasteiger partial charge in [0.05, 0.1) is 22.9 Å². The summed E-state index contributed by atoms with van der Waals surface area (Å²) >= 11 is 0. The first-order valence-electron chi connectivity index (χ1n) is 8.67. The number of carbonyl (C=O) groups excluding carboxylic acids is 1. The number of nitrogens with zero attached hydrogens (tertiary/aromatic N) is 2. The first-order chi connectivity index (χ1) is 12.3. The lowest BCUT2D eigenvalue weighted by molar-refractivity contribution is -0.124. The maximum Gasteiger partial charge on any atom is 0.220 e. The van der Waals surface area contributed by atoms with E-state index in [4.69, 9.17) is 0 Å². The number of rotatable bonds is 6. The minimum atomic E-state index is -3.37. The van der Waals surface area contributed by atoms with Crippen LogP contribution in [0.4, 0.5) is 0 Å². The molecular weight excluding hydrogens is 352 g/mol. The molecule has 2 N–H and O–H groups in total. The van der Waals surface area contributed by atoms with E-state index < -0.39 is 9.84 Å². The van der Waals surface area contributed by atoms with Gasteiger partial charge in [-0.25, -0.2) is 8.42 Å². The number of aryl methyl sites for hydroxylation is 1. The topological polar surface area (TPSA) is 93.1 Å². The van der Waals surface area contributed by atoms with Crippen LogP contribution in [0.1, 0.15) is 31.4 Å². The van der Waals surface area contributed by atoms with E-state index in [0.29, 0.717) is 17.7 Å². The number of carbonyl (C=O) groups is 1. The molecule has 0 unspecified atom stereocenters. The zero-order valence-electron chi connectivity index (χ0n) is 14.9. The van der Waals surface area contributed by atoms with Gasteiger partial charge >= 0.3 is 0 Å². The third-order valence-electron chi connectivity index (χ3n) is 4.56. The third-order valence-corrected chi connectivity index (χ3v) is 6.48. The van der Waals surface area contributed by atoms with Crippen LogP contribution in [0, 0.1) is 0 Å². The van der Waals surface area contributed by atoms with Crippen molar-refractivity contribution in [2.75, 3.05) is 5.75 Å². The summed E-state index contributed by atoms with van der Waals surface area (Å²) in [5.74, 6) is 0.00256. The lowest BCUT2D eigenvalue weighted by Gasteiger charge is -2.34. The Morgan fingerprint density at radius 3 is 2.73 bits per heavy atom. The molecule has 7 nitrogen and oxygen atoms in total. The van der Waals surface area contributed by atoms with Crippen molar-refractivity contribution in [3.63, 3.8) is 0 Å². The third kappa shape index (κ3) is 4.31. The second kappa shape index (κ2) is 7.59. The smallest absolute Gasteiger partial charge is 0.220 e. The van der Waals surface area contributed by atoms with E-state index >= 15 is 0 Å². The van der Waals surface area contributed by atoms with Gasteiger partial charge in [0.1, 0.15) is 0 Å². The van der Waals surface area contributed by atoms with Gasteiger partial charge in [0.25, 0.3) is 0 Å². The molecule has 26 heavy (non-hydrogen) atoms. The van der Waals surface area contributed by atoms with Crippen molar-refractivity contribution in [3.8, 4) is 0 Å². The Hall–Kier alpha value is -2.19. The molecule has 0 saturated carbocycles. The van der Waals surface area contributed by atoms with Crippen LogP contribution in [0.25, 0.3) is 0 Å². The molecule has 1 fully saturated rings. The van der Waals surface area contributed by atoms with Crippen molar-refractivity contribution in [3.05, 3.63) is 48.3 Å². The van der Waals surface area contributed by atoms with Crippen LogP contribution in [0.2, 0.25) is 0 Å². The molecule has 3 rings (SSSR count). The van der Waals surface area contributed by atoms with Crippen molar-refractivity contribution in [1.82, 2.24) is 20.4 Å². The van der Waals surface area contributed by atoms with Crippen molar-refractivity contribution in [2.45, 2.75) is 42.8 Å². The number of sulfone groups is 1. The Balaban J connectivity index is 1.70. The molecule has 1 aromatic carbocycles. The first kappa shape index (κ1) is 18.6. The molecule has 2 aromatic rings. The SMILES string of the molecule is C[C@H](CS(=O)(=O)c1ccccc1)N[C@@H]1CCC(=O)N[C@H]1c1cnn(C)c1. The largest absolute Gasteiger partial charge is 0.348 e. The zero-order chi connectivity index (χ0) is 18.7. The Morgan fingerprint density at radius 2 is 2.08 bits per heavy atom. The number of nitrogens with one attached hydrogen (secondary N) is 2. The molecule has 1 amide bonds. The lowest BCUT2D eigenvalue weighted by atomic mass is 9.93. The number of hydrogen-bond donors (Lipinski definition) is 2. The summed E-state index contributed by atoms with van der Waals surface area (Å²) in [5.41, 5.74) is 0.913. The minimum absolute atomic E-state index is 0.00121. The molecule has 1 saturated heterocycles. The van der Waals surface area contributed by atoms with Gasteiger partial charge in [-0.3, -0.25) is 9.48 Å². The molecule has 1 aromatic heterocycles. The maximum absolute atomic E-state index is 12.6. The normalized spacial score (nSPS) is 22.0. The van der Waals surface area contributed by atoms with Crippen LogP contribution in [0.15, 0.2) is 47.6 Å². The molecule has 3 atom stereocenters. The Labute approximate surface area is 153 Å². The summed E-state index contributed by atoms with van der Waals surface area (Å²) < 4.78 is 26.8. The van der Waals surface area contributed by atoms with Crippen LogP contribution in [0.3, 0.4) is 0 Å². The van der Waals surface area contributed by atoms with Crippen LogP contribution >= 0.6 is 0 Å². The van der Waals surface area contributed by atoms with E-state index in [2.05, 4.69) is 15.7 Å². The summed E-state index contributed by atoms with van der Waals surface area (Å²) in [6.07, 6.45) is 4.68. The fraction of sp³-hybridized carbons (Fsp3) is 0.444. The van der Waals surface area contributed by atoms with Gasteiger partial charge in [0.2, 0.25) is 5.91 Å². The standard InChI is InChI=1S/C18H24N4O3S/c1-13(12-26(24,25)15-6-4-3-5-7-15)20-16-8-9-17(23)21-18(16)14-10-19-22(2)11-14/h3-7,10-11,13,16,18,20H,8-9,12H2,1-2H3,(H,21,23)/t13-,16-,18+/m1/s1. The summed E-state index contributed by atoms with van der Waals surface area (Å²) in [5, 5.41) is 10.6. The van der Waals surface area contributed by atoms with Gasteiger partial charge in [0, 0.05) is 37.3 Å². The Bertz CT molecular complexity index is 864. The first-order valence-corrected chi connectivity index (χ1v) is 10.3. The summed E-state index contributed by atoms with van der Waals surface area (Å²) in [7, 11) is -1.54. The predicted octanol–water partition coefficient (Wildman–Crippen LogP) is 1.19. The molecule has 0 bridgehead atoms. The average molecular weight is 376 g/mol. The van der Waals surface area contributed by atoms with Crippen LogP contribution in [0.5, 0.6) is 0 Å². The van der Waals surface area contributed by atoms with Gasteiger partial charge in [-0.1, -0.05) is 18.2 Å². The van der Waals surface area contributed by atoms with Crippen molar-refractivity contribution >= 4 is 15.7 Å². The minimum Gasteiger partial charge on any atom is -0.348 e. The van der Waals surface area contributed by atoms with Gasteiger partial charge in [0.15, 0.2) is 9.84 Å². The van der Waals surface area contributed by atoms with E-state index in [1.165, 1.54) is 0 Å². The maximum atomic E-state index is 12.6. The summed E-state index contributed by atoms with van der Waals surface area (Å²) in [6.45, 7) is 1.86. The van der Waals surface area contributed by atoms with Crippen LogP contribution < -0.4 is 10.6 Å². The Morgan fingerprint density at radius 1 is 1.35 bits per heavy atom. The number of amides is 1. The molecule has 0 aliphatic carbocycles. The van der Waals surface area contributed by atoms with Gasteiger partial charge in [-0.15, -0.1) is 0 Å². The van der Waals surface area contributed by atoms with E-state index in [1.807, 2.05) is 20.2 Å². The van der Waals surface area contributed by atoms with Crippen LogP contribution in [-0.4, -0.2) is 41.9 Å². The fourth-order valence-electron chi connectivity index (χ4n) is 3.36. The lowest BCUT2D eigenvalue weighted by Crippen LogP contribution is -2.51. The predicted molar refractivity (Wildman–Crippen MR) is 98.2 cm³/mol. The van der Waals surface area contributed by atoms with Crippen molar-refractivity contribution < 1.29 is 13.2 Å². The highest BCUT2D eigenvalue weighted by molar-refractivity contribution is 7.91. The molecule has 1 aliphatic heterocycles. The Kier molecular flexibility index (Phi) is 5.43. The number of benzene rings is 1. The van der Waals surface area contributed by atoms with Crippen LogP contribution in [-0.2, 0) is 21.7 Å². The molecule has 0 radical (unpaired) electrons. The highest BCUT2D eigenvalue weighted by Crippen LogP contribution is 2.24. The van der Waals surface area contributed by atoms with Gasteiger partial charge < -0.3 is 10.6 Å². The van der Waals surface area contributed by atoms with Crippen molar-refractivity contribution in [1.29, 1.82) is 0 Å². The van der Waals surface area contributed by atoms with E-state index in [-0.39, 0.29) is 29.8 Å². The summed E-state index contributed by atoms with van der Waals surface area (Å²) in [6, 6.07) is 7.95. The highest BCUT2D eigenvalue weighted by Gasteiger charge is 2.32. The molecule has 1 aliphatic rings. The van der Waals surface area contributed by atoms with E-state index in [1.54, 1.807) is 41.2 Å². The van der Waals surface area contributed by atoms with E-state index in [9.17, 15) is 13.2 Å². The quantitative estimate of drug-likeness (QED) is 0.790. The monoisotopic (exact) mass is 376 g/mol. The highest BCUT2D eigenvalue weighted by atomic mass is 32.2. The average Bonchev–Trinajstić information content (AvgIpc) is 3.03. The second-order valence-corrected chi connectivity index (χ2v) is 8.83. The molecule has 0 spiro atoms.